The molecule has 6 nitrogen and oxygen atoms in total. The van der Waals surface area contributed by atoms with Gasteiger partial charge in [0.2, 0.25) is 0 Å². The minimum atomic E-state index is -0.776. The SMILES string of the molecule is CCCCCCCC/C=C\CCCCCC(=O)OC(COC(=O)CCCCCCC/C=C\CCCCCCCCCCC)COC(=O)CCCCCCCCCCCC. The molecular weight excluding hydrogens is 733 g/mol. The van der Waals surface area contributed by atoms with Crippen molar-refractivity contribution in [2.24, 2.45) is 0 Å². The molecule has 6 heteroatoms. The summed E-state index contributed by atoms with van der Waals surface area (Å²) < 4.78 is 16.8. The summed E-state index contributed by atoms with van der Waals surface area (Å²) in [4.78, 5) is 37.9. The zero-order valence-electron chi connectivity index (χ0n) is 39.5. The van der Waals surface area contributed by atoms with Crippen LogP contribution in [0.2, 0.25) is 0 Å². The minimum absolute atomic E-state index is 0.0767. The van der Waals surface area contributed by atoms with Crippen LogP contribution in [0, 0.1) is 0 Å². The zero-order chi connectivity index (χ0) is 43.0. The van der Waals surface area contributed by atoms with E-state index >= 15 is 0 Å². The van der Waals surface area contributed by atoms with Crippen LogP contribution in [0.4, 0.5) is 0 Å². The highest BCUT2D eigenvalue weighted by molar-refractivity contribution is 5.71. The lowest BCUT2D eigenvalue weighted by Crippen LogP contribution is -2.30. The van der Waals surface area contributed by atoms with Crippen molar-refractivity contribution in [1.82, 2.24) is 0 Å². The van der Waals surface area contributed by atoms with Crippen LogP contribution in [-0.4, -0.2) is 37.2 Å². The molecule has 1 atom stereocenters. The summed E-state index contributed by atoms with van der Waals surface area (Å²) in [5, 5.41) is 0. The molecule has 0 aliphatic heterocycles. The van der Waals surface area contributed by atoms with Gasteiger partial charge in [0.1, 0.15) is 13.2 Å². The highest BCUT2D eigenvalue weighted by atomic mass is 16.6. The predicted molar refractivity (Wildman–Crippen MR) is 252 cm³/mol. The number of carbonyl (C=O) groups excluding carboxylic acids is 3. The lowest BCUT2D eigenvalue weighted by Gasteiger charge is -2.18. The van der Waals surface area contributed by atoms with Crippen molar-refractivity contribution in [2.75, 3.05) is 13.2 Å². The summed E-state index contributed by atoms with van der Waals surface area (Å²) in [5.41, 5.74) is 0. The van der Waals surface area contributed by atoms with Gasteiger partial charge >= 0.3 is 17.9 Å². The van der Waals surface area contributed by atoms with Gasteiger partial charge in [0.15, 0.2) is 6.10 Å². The average Bonchev–Trinajstić information content (AvgIpc) is 3.23. The van der Waals surface area contributed by atoms with E-state index in [1.54, 1.807) is 0 Å². The number of carbonyl (C=O) groups is 3. The van der Waals surface area contributed by atoms with Crippen LogP contribution >= 0.6 is 0 Å². The van der Waals surface area contributed by atoms with Gasteiger partial charge in [-0.1, -0.05) is 212 Å². The number of rotatable bonds is 47. The lowest BCUT2D eigenvalue weighted by molar-refractivity contribution is -0.167. The summed E-state index contributed by atoms with van der Waals surface area (Å²) in [6, 6.07) is 0. The van der Waals surface area contributed by atoms with E-state index in [-0.39, 0.29) is 31.1 Å². The molecule has 0 N–H and O–H groups in total. The fourth-order valence-electron chi connectivity index (χ4n) is 7.49. The Hall–Kier alpha value is -2.11. The van der Waals surface area contributed by atoms with Crippen molar-refractivity contribution in [3.05, 3.63) is 24.3 Å². The molecule has 0 aliphatic carbocycles. The van der Waals surface area contributed by atoms with Gasteiger partial charge in [-0.2, -0.15) is 0 Å². The Morgan fingerprint density at radius 3 is 0.864 bits per heavy atom. The molecule has 0 rings (SSSR count). The maximum Gasteiger partial charge on any atom is 0.306 e. The van der Waals surface area contributed by atoms with Gasteiger partial charge in [-0.05, 0) is 70.6 Å². The van der Waals surface area contributed by atoms with E-state index in [9.17, 15) is 14.4 Å². The van der Waals surface area contributed by atoms with Crippen LogP contribution < -0.4 is 0 Å². The normalized spacial score (nSPS) is 12.1. The van der Waals surface area contributed by atoms with Crippen LogP contribution in [0.3, 0.4) is 0 Å². The van der Waals surface area contributed by atoms with E-state index in [0.29, 0.717) is 19.3 Å². The highest BCUT2D eigenvalue weighted by Gasteiger charge is 2.19. The predicted octanol–water partition coefficient (Wildman–Crippen LogP) is 16.8. The van der Waals surface area contributed by atoms with Crippen molar-refractivity contribution in [2.45, 2.75) is 284 Å². The van der Waals surface area contributed by atoms with Crippen molar-refractivity contribution in [1.29, 1.82) is 0 Å². The Bertz CT molecular complexity index is 958. The Morgan fingerprint density at radius 2 is 0.559 bits per heavy atom. The molecule has 0 saturated carbocycles. The summed E-state index contributed by atoms with van der Waals surface area (Å²) >= 11 is 0. The Balaban J connectivity index is 4.32. The minimum Gasteiger partial charge on any atom is -0.462 e. The van der Waals surface area contributed by atoms with Crippen LogP contribution in [0.25, 0.3) is 0 Å². The number of hydrogen-bond acceptors (Lipinski definition) is 6. The van der Waals surface area contributed by atoms with Crippen LogP contribution in [-0.2, 0) is 28.6 Å². The van der Waals surface area contributed by atoms with Crippen molar-refractivity contribution in [3.8, 4) is 0 Å². The third kappa shape index (κ3) is 46.8. The maximum atomic E-state index is 12.7. The smallest absolute Gasteiger partial charge is 0.306 e. The molecule has 0 bridgehead atoms. The van der Waals surface area contributed by atoms with Gasteiger partial charge in [0, 0.05) is 19.3 Å². The fourth-order valence-corrected chi connectivity index (χ4v) is 7.49. The maximum absolute atomic E-state index is 12.7. The van der Waals surface area contributed by atoms with Crippen molar-refractivity contribution >= 4 is 17.9 Å². The molecule has 0 radical (unpaired) electrons. The summed E-state index contributed by atoms with van der Waals surface area (Å²) in [6.45, 7) is 6.62. The Labute approximate surface area is 366 Å². The second-order valence-electron chi connectivity index (χ2n) is 17.4. The number of esters is 3. The monoisotopic (exact) mass is 831 g/mol. The molecule has 0 aliphatic rings. The second-order valence-corrected chi connectivity index (χ2v) is 17.4. The summed E-state index contributed by atoms with van der Waals surface area (Å²) in [6.07, 6.45) is 54.5. The van der Waals surface area contributed by atoms with Crippen LogP contribution in [0.1, 0.15) is 278 Å². The van der Waals surface area contributed by atoms with Gasteiger partial charge in [-0.15, -0.1) is 0 Å². The molecule has 0 aromatic carbocycles. The topological polar surface area (TPSA) is 78.9 Å². The first-order valence-electron chi connectivity index (χ1n) is 25.8. The molecule has 0 amide bonds. The third-order valence-corrected chi connectivity index (χ3v) is 11.4. The molecule has 0 saturated heterocycles. The van der Waals surface area contributed by atoms with Crippen LogP contribution in [0.15, 0.2) is 24.3 Å². The van der Waals surface area contributed by atoms with E-state index in [4.69, 9.17) is 14.2 Å². The Morgan fingerprint density at radius 1 is 0.322 bits per heavy atom. The first-order valence-corrected chi connectivity index (χ1v) is 25.8. The average molecular weight is 831 g/mol. The van der Waals surface area contributed by atoms with Gasteiger partial charge < -0.3 is 14.2 Å². The van der Waals surface area contributed by atoms with E-state index in [2.05, 4.69) is 45.1 Å². The number of allylic oxidation sites excluding steroid dienone is 4. The fraction of sp³-hybridized carbons (Fsp3) is 0.868. The van der Waals surface area contributed by atoms with Crippen LogP contribution in [0.5, 0.6) is 0 Å². The summed E-state index contributed by atoms with van der Waals surface area (Å²) in [7, 11) is 0. The van der Waals surface area contributed by atoms with E-state index in [1.165, 1.54) is 161 Å². The Kier molecular flexibility index (Phi) is 46.8. The first-order chi connectivity index (χ1) is 29.0. The number of ether oxygens (including phenoxy) is 3. The lowest BCUT2D eigenvalue weighted by atomic mass is 10.1. The number of hydrogen-bond donors (Lipinski definition) is 0. The van der Waals surface area contributed by atoms with Gasteiger partial charge in [-0.25, -0.2) is 0 Å². The second kappa shape index (κ2) is 48.6. The quantitative estimate of drug-likeness (QED) is 0.0263. The molecule has 0 aromatic rings. The summed E-state index contributed by atoms with van der Waals surface area (Å²) in [5.74, 6) is -0.892. The largest absolute Gasteiger partial charge is 0.462 e. The highest BCUT2D eigenvalue weighted by Crippen LogP contribution is 2.15. The number of unbranched alkanes of at least 4 members (excludes halogenated alkanes) is 32. The zero-order valence-corrected chi connectivity index (χ0v) is 39.5. The first kappa shape index (κ1) is 56.9. The van der Waals surface area contributed by atoms with Gasteiger partial charge in [0.05, 0.1) is 0 Å². The van der Waals surface area contributed by atoms with E-state index in [0.717, 1.165) is 77.0 Å². The molecule has 1 unspecified atom stereocenters. The molecule has 0 aromatic heterocycles. The standard InChI is InChI=1S/C53H98O6/c1-4-7-10-13-16-19-22-24-25-26-27-28-30-31-34-37-40-43-46-52(55)58-49-50(48-57-51(54)45-42-39-36-33-21-18-15-12-9-6-3)59-53(56)47-44-41-38-35-32-29-23-20-17-14-11-8-5-2/h27-29,32,50H,4-26,30-31,33-49H2,1-3H3/b28-27-,32-29-. The van der Waals surface area contributed by atoms with Crippen molar-refractivity contribution in [3.63, 3.8) is 0 Å². The third-order valence-electron chi connectivity index (χ3n) is 11.4. The molecular formula is C53H98O6. The molecule has 346 valence electrons. The molecule has 0 spiro atoms. The van der Waals surface area contributed by atoms with E-state index in [1.807, 2.05) is 0 Å². The molecule has 0 heterocycles. The molecule has 0 fully saturated rings. The van der Waals surface area contributed by atoms with Crippen molar-refractivity contribution < 1.29 is 28.6 Å². The van der Waals surface area contributed by atoms with Gasteiger partial charge in [-0.3, -0.25) is 14.4 Å². The van der Waals surface area contributed by atoms with Gasteiger partial charge in [0.25, 0.3) is 0 Å². The van der Waals surface area contributed by atoms with E-state index < -0.39 is 6.10 Å². The molecule has 59 heavy (non-hydrogen) atoms.